The van der Waals surface area contributed by atoms with E-state index in [-0.39, 0.29) is 5.78 Å². The summed E-state index contributed by atoms with van der Waals surface area (Å²) in [5.74, 6) is 1.26. The first-order valence-corrected chi connectivity index (χ1v) is 6.94. The van der Waals surface area contributed by atoms with Crippen LogP contribution in [0.5, 0.6) is 0 Å². The predicted octanol–water partition coefficient (Wildman–Crippen LogP) is 2.97. The number of hydrogen-bond donors (Lipinski definition) is 1. The summed E-state index contributed by atoms with van der Waals surface area (Å²) >= 11 is 11.5. The molecule has 1 rings (SSSR count). The van der Waals surface area contributed by atoms with Crippen molar-refractivity contribution in [2.45, 2.75) is 6.92 Å². The van der Waals surface area contributed by atoms with Gasteiger partial charge < -0.3 is 10.2 Å². The van der Waals surface area contributed by atoms with E-state index in [2.05, 4.69) is 10.2 Å². The molecule has 0 aliphatic rings. The molecule has 0 fully saturated rings. The lowest BCUT2D eigenvalue weighted by atomic mass is 10.2. The second-order valence-corrected chi connectivity index (χ2v) is 4.72. The van der Waals surface area contributed by atoms with Gasteiger partial charge in [0, 0.05) is 36.2 Å². The minimum atomic E-state index is 0.116. The van der Waals surface area contributed by atoms with Gasteiger partial charge in [-0.25, -0.2) is 0 Å². The van der Waals surface area contributed by atoms with Crippen LogP contribution in [0, 0.1) is 0 Å². The Kier molecular flexibility index (Phi) is 6.91. The molecule has 0 aliphatic carbocycles. The molecule has 0 atom stereocenters. The van der Waals surface area contributed by atoms with Crippen molar-refractivity contribution in [3.8, 4) is 0 Å². The highest BCUT2D eigenvalue weighted by Crippen LogP contribution is 2.18. The summed E-state index contributed by atoms with van der Waals surface area (Å²) < 4.78 is 0. The summed E-state index contributed by atoms with van der Waals surface area (Å²) in [5.41, 5.74) is 2.02. The smallest absolute Gasteiger partial charge is 0.148 e. The first kappa shape index (κ1) is 15.1. The molecule has 0 aromatic heterocycles. The predicted molar refractivity (Wildman–Crippen MR) is 79.3 cm³/mol. The van der Waals surface area contributed by atoms with Crippen LogP contribution in [0.1, 0.15) is 6.92 Å². The van der Waals surface area contributed by atoms with Crippen molar-refractivity contribution in [2.75, 3.05) is 41.6 Å². The minimum Gasteiger partial charge on any atom is -0.378 e. The second kappa shape index (κ2) is 8.22. The summed E-state index contributed by atoms with van der Waals surface area (Å²) in [6.45, 7) is 3.46. The molecular formula is C13H18Cl2N2O. The lowest BCUT2D eigenvalue weighted by Crippen LogP contribution is -2.27. The Morgan fingerprint density at radius 3 is 2.17 bits per heavy atom. The summed E-state index contributed by atoms with van der Waals surface area (Å²) in [6.07, 6.45) is 0. The van der Waals surface area contributed by atoms with Crippen LogP contribution in [0.15, 0.2) is 24.3 Å². The van der Waals surface area contributed by atoms with Gasteiger partial charge in [0.1, 0.15) is 5.78 Å². The fourth-order valence-corrected chi connectivity index (χ4v) is 2.00. The molecule has 1 aromatic carbocycles. The fraction of sp³-hybridized carbons (Fsp3) is 0.462. The third-order valence-electron chi connectivity index (χ3n) is 2.48. The highest BCUT2D eigenvalue weighted by Gasteiger charge is 2.05. The molecule has 0 radical (unpaired) electrons. The van der Waals surface area contributed by atoms with Crippen LogP contribution in [-0.2, 0) is 4.79 Å². The topological polar surface area (TPSA) is 32.3 Å². The average molecular weight is 289 g/mol. The molecule has 100 valence electrons. The second-order valence-electron chi connectivity index (χ2n) is 3.97. The van der Waals surface area contributed by atoms with Gasteiger partial charge in [-0.15, -0.1) is 23.2 Å². The lowest BCUT2D eigenvalue weighted by molar-refractivity contribution is -0.115. The summed E-state index contributed by atoms with van der Waals surface area (Å²) in [6, 6.07) is 7.91. The number of nitrogens with zero attached hydrogens (tertiary/aromatic N) is 1. The van der Waals surface area contributed by atoms with E-state index in [1.165, 1.54) is 0 Å². The maximum absolute atomic E-state index is 10.9. The van der Waals surface area contributed by atoms with E-state index < -0.39 is 0 Å². The van der Waals surface area contributed by atoms with Crippen molar-refractivity contribution in [1.82, 2.24) is 0 Å². The Hall–Kier alpha value is -0.930. The maximum Gasteiger partial charge on any atom is 0.148 e. The van der Waals surface area contributed by atoms with Gasteiger partial charge in [0.2, 0.25) is 0 Å². The average Bonchev–Trinajstić information content (AvgIpc) is 2.37. The van der Waals surface area contributed by atoms with Crippen LogP contribution in [0.4, 0.5) is 11.4 Å². The van der Waals surface area contributed by atoms with E-state index in [1.807, 2.05) is 24.3 Å². The molecule has 0 unspecified atom stereocenters. The van der Waals surface area contributed by atoms with Crippen molar-refractivity contribution >= 4 is 40.4 Å². The van der Waals surface area contributed by atoms with E-state index in [9.17, 15) is 4.79 Å². The van der Waals surface area contributed by atoms with Crippen LogP contribution in [0.3, 0.4) is 0 Å². The summed E-state index contributed by atoms with van der Waals surface area (Å²) in [7, 11) is 0. The SMILES string of the molecule is CC(=O)CNc1ccc(N(CCCl)CCCl)cc1. The van der Waals surface area contributed by atoms with E-state index >= 15 is 0 Å². The Bertz CT molecular complexity index is 362. The number of carbonyl (C=O) groups excluding carboxylic acids is 1. The van der Waals surface area contributed by atoms with Gasteiger partial charge in [-0.1, -0.05) is 0 Å². The van der Waals surface area contributed by atoms with E-state index in [1.54, 1.807) is 6.92 Å². The number of carbonyl (C=O) groups is 1. The summed E-state index contributed by atoms with van der Waals surface area (Å²) in [4.78, 5) is 13.0. The number of ketones is 1. The molecule has 1 N–H and O–H groups in total. The van der Waals surface area contributed by atoms with Crippen LogP contribution in [0.2, 0.25) is 0 Å². The first-order chi connectivity index (χ1) is 8.67. The minimum absolute atomic E-state index is 0.116. The summed E-state index contributed by atoms with van der Waals surface area (Å²) in [5, 5.41) is 3.05. The Morgan fingerprint density at radius 2 is 1.72 bits per heavy atom. The molecule has 0 aliphatic heterocycles. The molecule has 0 amide bonds. The molecule has 5 heteroatoms. The monoisotopic (exact) mass is 288 g/mol. The number of nitrogens with one attached hydrogen (secondary N) is 1. The van der Waals surface area contributed by atoms with Gasteiger partial charge in [0.15, 0.2) is 0 Å². The van der Waals surface area contributed by atoms with Gasteiger partial charge >= 0.3 is 0 Å². The zero-order chi connectivity index (χ0) is 13.4. The number of benzene rings is 1. The van der Waals surface area contributed by atoms with Gasteiger partial charge in [-0.3, -0.25) is 4.79 Å². The third-order valence-corrected chi connectivity index (χ3v) is 2.82. The van der Waals surface area contributed by atoms with Crippen molar-refractivity contribution in [2.24, 2.45) is 0 Å². The van der Waals surface area contributed by atoms with Gasteiger partial charge in [0.05, 0.1) is 6.54 Å². The van der Waals surface area contributed by atoms with Crippen LogP contribution in [0.25, 0.3) is 0 Å². The number of hydrogen-bond acceptors (Lipinski definition) is 3. The molecule has 3 nitrogen and oxygen atoms in total. The van der Waals surface area contributed by atoms with Crippen molar-refractivity contribution < 1.29 is 4.79 Å². The number of Topliss-reactive ketones (excluding diaryl/α,β-unsaturated/α-hetero) is 1. The molecular weight excluding hydrogens is 271 g/mol. The Labute approximate surface area is 118 Å². The molecule has 0 spiro atoms. The number of halogens is 2. The van der Waals surface area contributed by atoms with Crippen molar-refractivity contribution in [3.63, 3.8) is 0 Å². The number of rotatable bonds is 8. The standard InChI is InChI=1S/C13H18Cl2N2O/c1-11(18)10-16-12-2-4-13(5-3-12)17(8-6-14)9-7-15/h2-5,16H,6-10H2,1H3. The highest BCUT2D eigenvalue weighted by atomic mass is 35.5. The molecule has 0 heterocycles. The van der Waals surface area contributed by atoms with Crippen LogP contribution in [-0.4, -0.2) is 37.2 Å². The van der Waals surface area contributed by atoms with E-state index in [4.69, 9.17) is 23.2 Å². The lowest BCUT2D eigenvalue weighted by Gasteiger charge is -2.23. The number of anilines is 2. The molecule has 1 aromatic rings. The fourth-order valence-electron chi connectivity index (χ4n) is 1.59. The van der Waals surface area contributed by atoms with Crippen molar-refractivity contribution in [1.29, 1.82) is 0 Å². The zero-order valence-electron chi connectivity index (χ0n) is 10.5. The Morgan fingerprint density at radius 1 is 1.17 bits per heavy atom. The Balaban J connectivity index is 2.64. The quantitative estimate of drug-likeness (QED) is 0.747. The van der Waals surface area contributed by atoms with Gasteiger partial charge in [-0.2, -0.15) is 0 Å². The third kappa shape index (κ3) is 5.15. The van der Waals surface area contributed by atoms with Gasteiger partial charge in [0.25, 0.3) is 0 Å². The van der Waals surface area contributed by atoms with E-state index in [0.717, 1.165) is 24.5 Å². The van der Waals surface area contributed by atoms with Crippen LogP contribution >= 0.6 is 23.2 Å². The maximum atomic E-state index is 10.9. The largest absolute Gasteiger partial charge is 0.378 e. The highest BCUT2D eigenvalue weighted by molar-refractivity contribution is 6.18. The number of alkyl halides is 2. The van der Waals surface area contributed by atoms with Crippen molar-refractivity contribution in [3.05, 3.63) is 24.3 Å². The first-order valence-electron chi connectivity index (χ1n) is 5.87. The molecule has 0 saturated carbocycles. The normalized spacial score (nSPS) is 10.2. The van der Waals surface area contributed by atoms with Gasteiger partial charge in [-0.05, 0) is 31.2 Å². The molecule has 0 bridgehead atoms. The molecule has 0 saturated heterocycles. The van der Waals surface area contributed by atoms with Crippen LogP contribution < -0.4 is 10.2 Å². The van der Waals surface area contributed by atoms with E-state index in [0.29, 0.717) is 18.3 Å². The molecule has 18 heavy (non-hydrogen) atoms. The zero-order valence-corrected chi connectivity index (χ0v) is 12.0.